The average Bonchev–Trinajstić information content (AvgIpc) is 3.30. The number of aliphatic hydroxyl groups is 1. The van der Waals surface area contributed by atoms with E-state index in [1.165, 1.54) is 16.9 Å². The quantitative estimate of drug-likeness (QED) is 0.249. The van der Waals surface area contributed by atoms with Gasteiger partial charge in [0, 0.05) is 23.8 Å². The van der Waals surface area contributed by atoms with E-state index >= 15 is 0 Å². The maximum atomic E-state index is 12.9. The molecule has 0 aliphatic heterocycles. The van der Waals surface area contributed by atoms with Crippen LogP contribution in [0.5, 0.6) is 5.75 Å². The number of carbonyl (C=O) groups is 1. The Morgan fingerprint density at radius 2 is 1.89 bits per heavy atom. The molecule has 35 heavy (non-hydrogen) atoms. The fraction of sp³-hybridized carbons (Fsp3) is 0.250. The molecule has 1 unspecified atom stereocenters. The summed E-state index contributed by atoms with van der Waals surface area (Å²) in [5, 5.41) is 13.7. The second kappa shape index (κ2) is 11.4. The number of thiophene rings is 1. The molecule has 6 nitrogen and oxygen atoms in total. The van der Waals surface area contributed by atoms with Crippen molar-refractivity contribution in [2.24, 2.45) is 0 Å². The number of rotatable bonds is 10. The number of para-hydroxylation sites is 2. The fourth-order valence-electron chi connectivity index (χ4n) is 4.31. The van der Waals surface area contributed by atoms with E-state index in [-0.39, 0.29) is 18.6 Å². The summed E-state index contributed by atoms with van der Waals surface area (Å²) in [6, 6.07) is 23.7. The number of nitrogens with one attached hydrogen (secondary N) is 1. The second-order valence-corrected chi connectivity index (χ2v) is 9.50. The van der Waals surface area contributed by atoms with Gasteiger partial charge in [-0.25, -0.2) is 0 Å². The molecule has 0 aliphatic rings. The summed E-state index contributed by atoms with van der Waals surface area (Å²) in [4.78, 5) is 15.8. The lowest BCUT2D eigenvalue weighted by Crippen LogP contribution is -2.30. The molecule has 7 heteroatoms. The number of nitrogens with two attached hydrogens (primary N) is 1. The smallest absolute Gasteiger partial charge is 0.265 e. The Hall–Kier alpha value is -3.39. The first-order valence-corrected chi connectivity index (χ1v) is 12.5. The molecule has 0 saturated carbocycles. The number of fused-ring (bicyclic) bond motifs is 1. The van der Waals surface area contributed by atoms with Crippen LogP contribution in [0.2, 0.25) is 0 Å². The van der Waals surface area contributed by atoms with Crippen LogP contribution in [-0.2, 0) is 6.54 Å². The number of hydrogen-bond donors (Lipinski definition) is 3. The number of anilines is 2. The number of aliphatic hydroxyl groups excluding tert-OH is 1. The van der Waals surface area contributed by atoms with Crippen LogP contribution in [0.25, 0.3) is 10.1 Å². The molecule has 4 aromatic rings. The molecule has 1 heterocycles. The van der Waals surface area contributed by atoms with E-state index in [1.54, 1.807) is 19.2 Å². The zero-order valence-electron chi connectivity index (χ0n) is 20.0. The molecule has 0 spiro atoms. The third-order valence-corrected chi connectivity index (χ3v) is 7.22. The Morgan fingerprint density at radius 3 is 2.57 bits per heavy atom. The number of ether oxygens (including phenoxy) is 1. The Morgan fingerprint density at radius 1 is 1.11 bits per heavy atom. The van der Waals surface area contributed by atoms with E-state index in [9.17, 15) is 9.90 Å². The predicted octanol–water partition coefficient (Wildman–Crippen LogP) is 5.69. The highest BCUT2D eigenvalue weighted by molar-refractivity contribution is 7.20. The van der Waals surface area contributed by atoms with Crippen molar-refractivity contribution in [3.05, 3.63) is 88.8 Å². The van der Waals surface area contributed by atoms with Gasteiger partial charge in [0.1, 0.15) is 5.75 Å². The van der Waals surface area contributed by atoms with Gasteiger partial charge in [0.15, 0.2) is 0 Å². The highest BCUT2D eigenvalue weighted by Gasteiger charge is 2.20. The van der Waals surface area contributed by atoms with Crippen LogP contribution in [0.3, 0.4) is 0 Å². The molecule has 0 radical (unpaired) electrons. The van der Waals surface area contributed by atoms with E-state index < -0.39 is 0 Å². The standard InChI is InChI=1S/C28H31N3O3S/c1-3-25(31(14-15-32)18-19-8-12-22(34-2)13-9-19)20-10-11-21-17-27(35-26(21)16-20)28(33)30-24-7-5-4-6-23(24)29/h4-13,16-17,25,32H,3,14-15,18,29H2,1-2H3,(H,30,33). The maximum absolute atomic E-state index is 12.9. The van der Waals surface area contributed by atoms with E-state index in [0.717, 1.165) is 34.4 Å². The Bertz CT molecular complexity index is 1290. The van der Waals surface area contributed by atoms with Crippen molar-refractivity contribution in [2.45, 2.75) is 25.9 Å². The van der Waals surface area contributed by atoms with Gasteiger partial charge in [-0.2, -0.15) is 0 Å². The molecule has 182 valence electrons. The molecule has 4 N–H and O–H groups in total. The molecule has 0 fully saturated rings. The number of nitrogen functional groups attached to an aromatic ring is 1. The van der Waals surface area contributed by atoms with Crippen LogP contribution in [-0.4, -0.2) is 36.2 Å². The molecule has 1 amide bonds. The first kappa shape index (κ1) is 24.7. The SMILES string of the molecule is CCC(c1ccc2cc(C(=O)Nc3ccccc3N)sc2c1)N(CCO)Cc1ccc(OC)cc1. The van der Waals surface area contributed by atoms with Gasteiger partial charge in [0.05, 0.1) is 30.0 Å². The third kappa shape index (κ3) is 5.82. The van der Waals surface area contributed by atoms with Gasteiger partial charge >= 0.3 is 0 Å². The Kier molecular flexibility index (Phi) is 8.02. The molecule has 1 atom stereocenters. The molecule has 0 saturated heterocycles. The minimum absolute atomic E-state index is 0.0842. The molecule has 0 aliphatic carbocycles. The topological polar surface area (TPSA) is 87.8 Å². The minimum Gasteiger partial charge on any atom is -0.497 e. The number of methoxy groups -OCH3 is 1. The zero-order valence-corrected chi connectivity index (χ0v) is 20.8. The minimum atomic E-state index is -0.167. The number of hydrogen-bond acceptors (Lipinski definition) is 6. The van der Waals surface area contributed by atoms with Gasteiger partial charge < -0.3 is 20.9 Å². The monoisotopic (exact) mass is 489 g/mol. The maximum Gasteiger partial charge on any atom is 0.265 e. The molecule has 0 bridgehead atoms. The van der Waals surface area contributed by atoms with Gasteiger partial charge in [-0.15, -0.1) is 11.3 Å². The van der Waals surface area contributed by atoms with Crippen LogP contribution in [0.1, 0.15) is 40.2 Å². The summed E-state index contributed by atoms with van der Waals surface area (Å²) < 4.78 is 6.33. The van der Waals surface area contributed by atoms with E-state index in [2.05, 4.69) is 47.5 Å². The Labute approximate surface area is 210 Å². The Balaban J connectivity index is 1.56. The fourth-order valence-corrected chi connectivity index (χ4v) is 5.31. The number of nitrogens with zero attached hydrogens (tertiary/aromatic N) is 1. The molecular formula is C28H31N3O3S. The zero-order chi connectivity index (χ0) is 24.8. The molecule has 3 aromatic carbocycles. The number of amides is 1. The number of carbonyl (C=O) groups excluding carboxylic acids is 1. The lowest BCUT2D eigenvalue weighted by Gasteiger charge is -2.31. The van der Waals surface area contributed by atoms with E-state index in [1.807, 2.05) is 30.3 Å². The van der Waals surface area contributed by atoms with Crippen molar-refractivity contribution in [3.8, 4) is 5.75 Å². The van der Waals surface area contributed by atoms with Crippen molar-refractivity contribution in [3.63, 3.8) is 0 Å². The average molecular weight is 490 g/mol. The lowest BCUT2D eigenvalue weighted by molar-refractivity contribution is 0.103. The summed E-state index contributed by atoms with van der Waals surface area (Å²) >= 11 is 1.47. The first-order chi connectivity index (χ1) is 17.0. The van der Waals surface area contributed by atoms with Crippen molar-refractivity contribution in [2.75, 3.05) is 31.3 Å². The molecule has 1 aromatic heterocycles. The lowest BCUT2D eigenvalue weighted by atomic mass is 10.0. The van der Waals surface area contributed by atoms with E-state index in [4.69, 9.17) is 10.5 Å². The highest BCUT2D eigenvalue weighted by atomic mass is 32.1. The third-order valence-electron chi connectivity index (χ3n) is 6.12. The number of benzene rings is 3. The predicted molar refractivity (Wildman–Crippen MR) is 144 cm³/mol. The summed E-state index contributed by atoms with van der Waals surface area (Å²) in [5.74, 6) is 0.659. The normalized spacial score (nSPS) is 12.1. The summed E-state index contributed by atoms with van der Waals surface area (Å²) in [6.07, 6.45) is 0.896. The van der Waals surface area contributed by atoms with Crippen LogP contribution in [0.15, 0.2) is 72.8 Å². The van der Waals surface area contributed by atoms with Crippen molar-refractivity contribution < 1.29 is 14.6 Å². The van der Waals surface area contributed by atoms with Crippen molar-refractivity contribution in [1.29, 1.82) is 0 Å². The van der Waals surface area contributed by atoms with Gasteiger partial charge in [-0.1, -0.05) is 43.3 Å². The van der Waals surface area contributed by atoms with Crippen LogP contribution >= 0.6 is 11.3 Å². The molecule has 4 rings (SSSR count). The first-order valence-electron chi connectivity index (χ1n) is 11.7. The van der Waals surface area contributed by atoms with Crippen molar-refractivity contribution >= 4 is 38.7 Å². The molecular weight excluding hydrogens is 458 g/mol. The second-order valence-electron chi connectivity index (χ2n) is 8.42. The largest absolute Gasteiger partial charge is 0.497 e. The van der Waals surface area contributed by atoms with Crippen LogP contribution in [0.4, 0.5) is 11.4 Å². The summed E-state index contributed by atoms with van der Waals surface area (Å²) in [6.45, 7) is 3.53. The van der Waals surface area contributed by atoms with Gasteiger partial charge in [0.25, 0.3) is 5.91 Å². The van der Waals surface area contributed by atoms with Gasteiger partial charge in [-0.3, -0.25) is 9.69 Å². The summed E-state index contributed by atoms with van der Waals surface area (Å²) in [7, 11) is 1.66. The van der Waals surface area contributed by atoms with Crippen LogP contribution < -0.4 is 15.8 Å². The van der Waals surface area contributed by atoms with Gasteiger partial charge in [-0.05, 0) is 59.3 Å². The van der Waals surface area contributed by atoms with Gasteiger partial charge in [0.2, 0.25) is 0 Å². The highest BCUT2D eigenvalue weighted by Crippen LogP contribution is 2.33. The summed E-state index contributed by atoms with van der Waals surface area (Å²) in [5.41, 5.74) is 9.45. The van der Waals surface area contributed by atoms with E-state index in [0.29, 0.717) is 22.8 Å². The van der Waals surface area contributed by atoms with Crippen LogP contribution in [0, 0.1) is 0 Å². The van der Waals surface area contributed by atoms with Crippen molar-refractivity contribution in [1.82, 2.24) is 4.90 Å².